The summed E-state index contributed by atoms with van der Waals surface area (Å²) < 4.78 is 0. The van der Waals surface area contributed by atoms with Crippen LogP contribution in [-0.4, -0.2) is 28.1 Å². The predicted octanol–water partition coefficient (Wildman–Crippen LogP) is -0.176. The maximum Gasteiger partial charge on any atom is 1.00 e. The Labute approximate surface area is 184 Å². The molecule has 138 valence electrons. The van der Waals surface area contributed by atoms with E-state index in [-0.39, 0.29) is 35.1 Å². The monoisotopic (exact) mass is 388 g/mol. The van der Waals surface area contributed by atoms with Crippen LogP contribution in [0.1, 0.15) is 31.1 Å². The van der Waals surface area contributed by atoms with E-state index in [2.05, 4.69) is 0 Å². The molecule has 0 fully saturated rings. The minimum absolute atomic E-state index is 0. The fourth-order valence-electron chi connectivity index (χ4n) is 1.74. The zero-order chi connectivity index (χ0) is 20.1. The molecule has 0 radical (unpaired) electrons. The number of carbonyl (C=O) groups excluding carboxylic acids is 1. The second kappa shape index (κ2) is 14.2. The van der Waals surface area contributed by atoms with Crippen molar-refractivity contribution in [2.75, 3.05) is 0 Å². The van der Waals surface area contributed by atoms with Gasteiger partial charge in [0.05, 0.1) is 17.1 Å². The molecule has 28 heavy (non-hydrogen) atoms. The van der Waals surface area contributed by atoms with Gasteiger partial charge in [-0.1, -0.05) is 66.7 Å². The van der Waals surface area contributed by atoms with Crippen molar-refractivity contribution in [3.63, 3.8) is 0 Å². The maximum atomic E-state index is 10.2. The van der Waals surface area contributed by atoms with E-state index >= 15 is 0 Å². The molecule has 0 heterocycles. The van der Waals surface area contributed by atoms with Gasteiger partial charge in [-0.25, -0.2) is 9.59 Å². The fourth-order valence-corrected chi connectivity index (χ4v) is 1.74. The van der Waals surface area contributed by atoms with Crippen LogP contribution in [0.2, 0.25) is 0 Å². The number of aromatic carboxylic acids is 3. The molecule has 2 N–H and O–H groups in total. The summed E-state index contributed by atoms with van der Waals surface area (Å²) in [5.74, 6) is -2.89. The van der Waals surface area contributed by atoms with Crippen molar-refractivity contribution in [1.29, 1.82) is 0 Å². The van der Waals surface area contributed by atoms with Crippen molar-refractivity contribution in [2.45, 2.75) is 0 Å². The Kier molecular flexibility index (Phi) is 12.7. The number of hydrogen-bond acceptors (Lipinski definition) is 4. The molecule has 0 saturated carbocycles. The molecule has 3 rings (SSSR count). The maximum absolute atomic E-state index is 10.2. The Morgan fingerprint density at radius 1 is 0.536 bits per heavy atom. The third-order valence-corrected chi connectivity index (χ3v) is 3.05. The van der Waals surface area contributed by atoms with E-state index in [1.807, 2.05) is 0 Å². The van der Waals surface area contributed by atoms with Gasteiger partial charge in [0.2, 0.25) is 0 Å². The standard InChI is InChI=1S/3C7H6O2.Na/c3*8-7(9)6-4-2-1-3-5-6;/h3*1-5H,(H,8,9);/q;;;+1/p-1. The first-order valence-electron chi connectivity index (χ1n) is 7.75. The average Bonchev–Trinajstić information content (AvgIpc) is 2.71. The van der Waals surface area contributed by atoms with Crippen molar-refractivity contribution < 1.29 is 59.3 Å². The molecule has 0 saturated heterocycles. The second-order valence-electron chi connectivity index (χ2n) is 5.00. The molecular weight excluding hydrogens is 371 g/mol. The van der Waals surface area contributed by atoms with Crippen LogP contribution in [0, 0.1) is 0 Å². The number of hydrogen-bond donors (Lipinski definition) is 2. The minimum atomic E-state index is -1.13. The quantitative estimate of drug-likeness (QED) is 0.602. The van der Waals surface area contributed by atoms with Crippen LogP contribution >= 0.6 is 0 Å². The molecule has 7 heteroatoms. The molecule has 0 aliphatic carbocycles. The largest absolute Gasteiger partial charge is 1.00 e. The first-order chi connectivity index (χ1) is 12.9. The van der Waals surface area contributed by atoms with Gasteiger partial charge in [-0.3, -0.25) is 0 Å². The summed E-state index contributed by atoms with van der Waals surface area (Å²) >= 11 is 0. The van der Waals surface area contributed by atoms with Crippen LogP contribution in [-0.2, 0) is 0 Å². The first kappa shape index (κ1) is 25.1. The summed E-state index contributed by atoms with van der Waals surface area (Å²) in [4.78, 5) is 30.5. The molecule has 0 aromatic heterocycles. The smallest absolute Gasteiger partial charge is 0.545 e. The Bertz CT molecular complexity index is 734. The van der Waals surface area contributed by atoms with E-state index in [1.165, 1.54) is 12.1 Å². The summed E-state index contributed by atoms with van der Waals surface area (Å²) in [7, 11) is 0. The van der Waals surface area contributed by atoms with Crippen molar-refractivity contribution in [1.82, 2.24) is 0 Å². The van der Waals surface area contributed by atoms with Crippen molar-refractivity contribution in [3.05, 3.63) is 108 Å². The van der Waals surface area contributed by atoms with E-state index in [9.17, 15) is 19.5 Å². The van der Waals surface area contributed by atoms with E-state index in [0.717, 1.165) is 0 Å². The molecule has 0 atom stereocenters. The zero-order valence-corrected chi connectivity index (χ0v) is 17.2. The SMILES string of the molecule is O=C(O)c1ccccc1.O=C(O)c1ccccc1.O=C([O-])c1ccccc1.[Na+]. The molecule has 0 spiro atoms. The predicted molar refractivity (Wildman–Crippen MR) is 97.6 cm³/mol. The normalized spacial score (nSPS) is 8.57. The summed E-state index contributed by atoms with van der Waals surface area (Å²) in [6.45, 7) is 0. The Morgan fingerprint density at radius 2 is 0.786 bits per heavy atom. The molecule has 0 aliphatic rings. The number of rotatable bonds is 3. The summed E-state index contributed by atoms with van der Waals surface area (Å²) in [5, 5.41) is 26.9. The zero-order valence-electron chi connectivity index (χ0n) is 15.2. The average molecular weight is 388 g/mol. The van der Waals surface area contributed by atoms with Crippen molar-refractivity contribution in [2.24, 2.45) is 0 Å². The molecule has 0 amide bonds. The molecule has 0 aliphatic heterocycles. The Balaban J connectivity index is 0.000000384. The third-order valence-electron chi connectivity index (χ3n) is 3.05. The van der Waals surface area contributed by atoms with E-state index in [0.29, 0.717) is 11.1 Å². The van der Waals surface area contributed by atoms with Crippen LogP contribution in [0.4, 0.5) is 0 Å². The summed E-state index contributed by atoms with van der Waals surface area (Å²) in [6.07, 6.45) is 0. The van der Waals surface area contributed by atoms with Gasteiger partial charge in [0, 0.05) is 0 Å². The molecule has 3 aromatic carbocycles. The first-order valence-corrected chi connectivity index (χ1v) is 7.75. The van der Waals surface area contributed by atoms with Crippen LogP contribution in [0.3, 0.4) is 0 Å². The van der Waals surface area contributed by atoms with Gasteiger partial charge < -0.3 is 20.1 Å². The number of carboxylic acids is 3. The molecular formula is C21H17NaO6. The van der Waals surface area contributed by atoms with Gasteiger partial charge >= 0.3 is 41.5 Å². The minimum Gasteiger partial charge on any atom is -0.545 e. The van der Waals surface area contributed by atoms with Crippen LogP contribution in [0.25, 0.3) is 0 Å². The van der Waals surface area contributed by atoms with Crippen LogP contribution in [0.15, 0.2) is 91.0 Å². The Morgan fingerprint density at radius 3 is 0.929 bits per heavy atom. The topological polar surface area (TPSA) is 115 Å². The number of carboxylic acid groups (broad SMARTS) is 3. The molecule has 0 bridgehead atoms. The molecule has 3 aromatic rings. The molecule has 0 unspecified atom stereocenters. The summed E-state index contributed by atoms with van der Waals surface area (Å²) in [6, 6.07) is 24.7. The second-order valence-corrected chi connectivity index (χ2v) is 5.00. The number of carbonyl (C=O) groups is 3. The summed E-state index contributed by atoms with van der Waals surface area (Å²) in [5.41, 5.74) is 0.882. The van der Waals surface area contributed by atoms with Gasteiger partial charge in [-0.2, -0.15) is 0 Å². The third kappa shape index (κ3) is 10.3. The Hall–Kier alpha value is -2.93. The van der Waals surface area contributed by atoms with E-state index < -0.39 is 17.9 Å². The van der Waals surface area contributed by atoms with Crippen LogP contribution < -0.4 is 34.7 Å². The van der Waals surface area contributed by atoms with Crippen molar-refractivity contribution >= 4 is 17.9 Å². The van der Waals surface area contributed by atoms with Crippen molar-refractivity contribution in [3.8, 4) is 0 Å². The van der Waals surface area contributed by atoms with Gasteiger partial charge in [0.1, 0.15) is 0 Å². The van der Waals surface area contributed by atoms with Gasteiger partial charge in [-0.05, 0) is 29.8 Å². The molecule has 6 nitrogen and oxygen atoms in total. The fraction of sp³-hybridized carbons (Fsp3) is 0. The van der Waals surface area contributed by atoms with Crippen LogP contribution in [0.5, 0.6) is 0 Å². The van der Waals surface area contributed by atoms with E-state index in [1.54, 1.807) is 78.9 Å². The van der Waals surface area contributed by atoms with Gasteiger partial charge in [0.25, 0.3) is 0 Å². The van der Waals surface area contributed by atoms with Gasteiger partial charge in [0.15, 0.2) is 0 Å². The van der Waals surface area contributed by atoms with E-state index in [4.69, 9.17) is 10.2 Å². The number of benzene rings is 3. The van der Waals surface area contributed by atoms with Gasteiger partial charge in [-0.15, -0.1) is 0 Å².